The van der Waals surface area contributed by atoms with Gasteiger partial charge in [0.2, 0.25) is 0 Å². The van der Waals surface area contributed by atoms with Crippen molar-refractivity contribution in [2.45, 2.75) is 55.9 Å². The molecule has 72 valence electrons. The van der Waals surface area contributed by atoms with E-state index in [1.165, 1.54) is 42.1 Å². The van der Waals surface area contributed by atoms with Crippen LogP contribution in [0.2, 0.25) is 9.95 Å². The summed E-state index contributed by atoms with van der Waals surface area (Å²) < 4.78 is 3.63. The summed E-state index contributed by atoms with van der Waals surface area (Å²) in [5.41, 5.74) is 0. The van der Waals surface area contributed by atoms with Gasteiger partial charge in [0.05, 0.1) is 0 Å². The summed E-state index contributed by atoms with van der Waals surface area (Å²) in [6, 6.07) is 0. The summed E-state index contributed by atoms with van der Waals surface area (Å²) in [6.45, 7) is 4.65. The quantitative estimate of drug-likeness (QED) is 0.506. The van der Waals surface area contributed by atoms with Gasteiger partial charge in [0.25, 0.3) is 0 Å². The maximum atomic E-state index is 3.63. The van der Waals surface area contributed by atoms with E-state index in [-0.39, 0.29) is 0 Å². The summed E-state index contributed by atoms with van der Waals surface area (Å²) in [7, 11) is 0. The third kappa shape index (κ3) is 4.29. The molecule has 0 aromatic carbocycles. The van der Waals surface area contributed by atoms with Crippen molar-refractivity contribution in [2.24, 2.45) is 5.92 Å². The van der Waals surface area contributed by atoms with Crippen molar-refractivity contribution >= 4 is 16.2 Å². The molecule has 0 nitrogen and oxygen atoms in total. The Hall–Kier alpha value is 0.196. The van der Waals surface area contributed by atoms with Gasteiger partial charge in [0.15, 0.2) is 0 Å². The number of hydrogen-bond donors (Lipinski definition) is 0. The minimum atomic E-state index is -1.07. The molecular formula is C12H21Ga. The Morgan fingerprint density at radius 2 is 1.69 bits per heavy atom. The first-order chi connectivity index (χ1) is 6.36. The fraction of sp³-hybridized carbons (Fsp3) is 0.833. The van der Waals surface area contributed by atoms with Crippen LogP contribution in [0.4, 0.5) is 0 Å². The van der Waals surface area contributed by atoms with Crippen molar-refractivity contribution < 1.29 is 0 Å². The van der Waals surface area contributed by atoms with Crippen LogP contribution in [-0.2, 0) is 0 Å². The van der Waals surface area contributed by atoms with Gasteiger partial charge in [-0.05, 0) is 0 Å². The molecule has 1 heteroatoms. The van der Waals surface area contributed by atoms with Gasteiger partial charge in [-0.2, -0.15) is 0 Å². The number of hydrogen-bond acceptors (Lipinski definition) is 0. The second-order valence-corrected chi connectivity index (χ2v) is 11.1. The van der Waals surface area contributed by atoms with Crippen LogP contribution in [0.25, 0.3) is 0 Å². The topological polar surface area (TPSA) is 0 Å². The van der Waals surface area contributed by atoms with Crippen LogP contribution in [0, 0.1) is 16.3 Å². The molecule has 1 rings (SSSR count). The molecule has 0 N–H and O–H groups in total. The summed E-state index contributed by atoms with van der Waals surface area (Å²) in [5.74, 6) is 4.33. The van der Waals surface area contributed by atoms with Gasteiger partial charge in [-0.3, -0.25) is 0 Å². The van der Waals surface area contributed by atoms with Crippen molar-refractivity contribution in [3.8, 4) is 10.4 Å². The van der Waals surface area contributed by atoms with Crippen molar-refractivity contribution in [2.75, 3.05) is 0 Å². The van der Waals surface area contributed by atoms with Gasteiger partial charge >= 0.3 is 88.4 Å². The van der Waals surface area contributed by atoms with E-state index in [4.69, 9.17) is 0 Å². The summed E-state index contributed by atoms with van der Waals surface area (Å²) in [5, 5.41) is 0. The molecule has 0 unspecified atom stereocenters. The van der Waals surface area contributed by atoms with E-state index in [1.807, 2.05) is 0 Å². The molecule has 1 saturated carbocycles. The molecule has 0 bridgehead atoms. The first-order valence-corrected chi connectivity index (χ1v) is 10.5. The van der Waals surface area contributed by atoms with E-state index in [0.29, 0.717) is 0 Å². The molecule has 0 amide bonds. The van der Waals surface area contributed by atoms with Gasteiger partial charge in [-0.25, -0.2) is 0 Å². The maximum absolute atomic E-state index is 3.63. The zero-order valence-corrected chi connectivity index (χ0v) is 11.5. The van der Waals surface area contributed by atoms with Crippen molar-refractivity contribution in [3.05, 3.63) is 0 Å². The molecule has 0 aromatic rings. The van der Waals surface area contributed by atoms with Crippen LogP contribution in [0.1, 0.15) is 46.0 Å². The van der Waals surface area contributed by atoms with Crippen LogP contribution in [0.3, 0.4) is 0 Å². The molecule has 1 fully saturated rings. The van der Waals surface area contributed by atoms with E-state index in [9.17, 15) is 0 Å². The Morgan fingerprint density at radius 3 is 2.23 bits per heavy atom. The van der Waals surface area contributed by atoms with Gasteiger partial charge in [0.1, 0.15) is 0 Å². The second kappa shape index (κ2) is 6.62. The summed E-state index contributed by atoms with van der Waals surface area (Å²) in [4.78, 5) is 2.81. The SMILES string of the molecule is C[CH2][Ga]([C]#CC1CCCCC1)[CH2]C. The molecule has 1 aliphatic carbocycles. The van der Waals surface area contributed by atoms with E-state index in [2.05, 4.69) is 24.2 Å². The first-order valence-electron chi connectivity index (χ1n) is 5.87. The van der Waals surface area contributed by atoms with Gasteiger partial charge in [-0.15, -0.1) is 0 Å². The van der Waals surface area contributed by atoms with Gasteiger partial charge < -0.3 is 0 Å². The molecule has 0 heterocycles. The van der Waals surface area contributed by atoms with E-state index in [0.717, 1.165) is 5.92 Å². The Labute approximate surface area is 88.5 Å². The predicted octanol–water partition coefficient (Wildman–Crippen LogP) is 3.64. The van der Waals surface area contributed by atoms with Crippen LogP contribution < -0.4 is 0 Å². The van der Waals surface area contributed by atoms with Crippen LogP contribution in [-0.4, -0.2) is 16.2 Å². The Bertz CT molecular complexity index is 177. The molecule has 0 spiro atoms. The molecule has 0 aliphatic heterocycles. The summed E-state index contributed by atoms with van der Waals surface area (Å²) in [6.07, 6.45) is 7.07. The predicted molar refractivity (Wildman–Crippen MR) is 61.1 cm³/mol. The molecular weight excluding hydrogens is 214 g/mol. The van der Waals surface area contributed by atoms with Crippen LogP contribution in [0.5, 0.6) is 0 Å². The van der Waals surface area contributed by atoms with E-state index < -0.39 is 16.2 Å². The van der Waals surface area contributed by atoms with Crippen molar-refractivity contribution in [3.63, 3.8) is 0 Å². The Morgan fingerprint density at radius 1 is 1.08 bits per heavy atom. The Balaban J connectivity index is 2.34. The Kier molecular flexibility index (Phi) is 5.74. The third-order valence-corrected chi connectivity index (χ3v) is 8.42. The monoisotopic (exact) mass is 234 g/mol. The zero-order valence-electron chi connectivity index (χ0n) is 9.10. The average molecular weight is 235 g/mol. The van der Waals surface area contributed by atoms with E-state index >= 15 is 0 Å². The standard InChI is InChI=1S/C8H11.2C2H5.Ga/c1-2-8-6-4-3-5-7-8;2*1-2;/h8H,3-7H2;2*1H2,2H3;. The van der Waals surface area contributed by atoms with Crippen LogP contribution >= 0.6 is 0 Å². The average Bonchev–Trinajstić information content (AvgIpc) is 2.21. The van der Waals surface area contributed by atoms with Gasteiger partial charge in [-0.1, -0.05) is 0 Å². The van der Waals surface area contributed by atoms with Gasteiger partial charge in [0, 0.05) is 0 Å². The fourth-order valence-electron chi connectivity index (χ4n) is 1.98. The number of rotatable bonds is 2. The van der Waals surface area contributed by atoms with Crippen molar-refractivity contribution in [1.82, 2.24) is 0 Å². The molecule has 0 aromatic heterocycles. The van der Waals surface area contributed by atoms with E-state index in [1.54, 1.807) is 0 Å². The van der Waals surface area contributed by atoms with Crippen molar-refractivity contribution in [1.29, 1.82) is 0 Å². The second-order valence-electron chi connectivity index (χ2n) is 4.14. The normalized spacial score (nSPS) is 17.7. The molecule has 13 heavy (non-hydrogen) atoms. The third-order valence-electron chi connectivity index (χ3n) is 3.08. The summed E-state index contributed by atoms with van der Waals surface area (Å²) >= 11 is -1.07. The molecule has 1 aliphatic rings. The fourth-order valence-corrected chi connectivity index (χ4v) is 5.03. The molecule has 0 atom stereocenters. The van der Waals surface area contributed by atoms with Crippen LogP contribution in [0.15, 0.2) is 0 Å². The molecule has 0 saturated heterocycles. The molecule has 0 radical (unpaired) electrons. The zero-order chi connectivity index (χ0) is 9.52. The first kappa shape index (κ1) is 11.3. The minimum absolute atomic E-state index is 0.778.